The van der Waals surface area contributed by atoms with E-state index in [0.29, 0.717) is 22.8 Å². The minimum Gasteiger partial charge on any atom is -0.497 e. The zero-order chi connectivity index (χ0) is 18.4. The van der Waals surface area contributed by atoms with Crippen LogP contribution in [0.1, 0.15) is 15.9 Å². The molecule has 3 rings (SSSR count). The molecular weight excluding hydrogens is 350 g/mol. The molecule has 6 heteroatoms. The van der Waals surface area contributed by atoms with Gasteiger partial charge < -0.3 is 15.4 Å². The highest BCUT2D eigenvalue weighted by molar-refractivity contribution is 6.31. The van der Waals surface area contributed by atoms with Crippen molar-refractivity contribution in [2.24, 2.45) is 0 Å². The Bertz CT molecular complexity index is 898. The van der Waals surface area contributed by atoms with Crippen molar-refractivity contribution in [1.29, 1.82) is 0 Å². The highest BCUT2D eigenvalue weighted by atomic mass is 35.5. The van der Waals surface area contributed by atoms with E-state index in [1.165, 1.54) is 6.20 Å². The van der Waals surface area contributed by atoms with E-state index in [9.17, 15) is 4.79 Å². The van der Waals surface area contributed by atoms with Crippen molar-refractivity contribution in [2.75, 3.05) is 17.7 Å². The van der Waals surface area contributed by atoms with E-state index in [0.717, 1.165) is 17.0 Å². The monoisotopic (exact) mass is 367 g/mol. The van der Waals surface area contributed by atoms with Crippen molar-refractivity contribution < 1.29 is 9.53 Å². The largest absolute Gasteiger partial charge is 0.497 e. The Labute approximate surface area is 157 Å². The standard InChI is InChI=1S/C20H18ClN3O2/c1-26-18-8-6-16(7-9-18)24-20(25)15-10-17(13-22-11-15)23-12-14-4-2-3-5-19(14)21/h2-11,13,23H,12H2,1H3,(H,24,25). The van der Waals surface area contributed by atoms with E-state index in [-0.39, 0.29) is 5.91 Å². The third-order valence-electron chi connectivity index (χ3n) is 3.79. The normalized spacial score (nSPS) is 10.2. The molecule has 0 unspecified atom stereocenters. The molecule has 0 atom stereocenters. The number of methoxy groups -OCH3 is 1. The van der Waals surface area contributed by atoms with Gasteiger partial charge in [0.05, 0.1) is 18.4 Å². The number of rotatable bonds is 6. The Morgan fingerprint density at radius 1 is 1.08 bits per heavy atom. The van der Waals surface area contributed by atoms with Crippen molar-refractivity contribution in [3.05, 3.63) is 83.1 Å². The average Bonchev–Trinajstić information content (AvgIpc) is 2.68. The van der Waals surface area contributed by atoms with Gasteiger partial charge in [0.15, 0.2) is 0 Å². The van der Waals surface area contributed by atoms with Crippen molar-refractivity contribution in [1.82, 2.24) is 4.98 Å². The number of ether oxygens (including phenoxy) is 1. The van der Waals surface area contributed by atoms with Gasteiger partial charge in [-0.15, -0.1) is 0 Å². The third kappa shape index (κ3) is 4.52. The highest BCUT2D eigenvalue weighted by Crippen LogP contribution is 2.19. The molecule has 2 N–H and O–H groups in total. The number of hydrogen-bond donors (Lipinski definition) is 2. The van der Waals surface area contributed by atoms with Crippen LogP contribution in [0.2, 0.25) is 5.02 Å². The van der Waals surface area contributed by atoms with Gasteiger partial charge in [0.25, 0.3) is 5.91 Å². The second-order valence-electron chi connectivity index (χ2n) is 5.59. The van der Waals surface area contributed by atoms with Crippen molar-refractivity contribution >= 4 is 28.9 Å². The maximum absolute atomic E-state index is 12.4. The van der Waals surface area contributed by atoms with Crippen LogP contribution in [0, 0.1) is 0 Å². The fourth-order valence-corrected chi connectivity index (χ4v) is 2.58. The maximum Gasteiger partial charge on any atom is 0.257 e. The van der Waals surface area contributed by atoms with Crippen molar-refractivity contribution in [2.45, 2.75) is 6.54 Å². The van der Waals surface area contributed by atoms with Crippen LogP contribution in [0.4, 0.5) is 11.4 Å². The summed E-state index contributed by atoms with van der Waals surface area (Å²) in [5, 5.41) is 6.76. The van der Waals surface area contributed by atoms with Gasteiger partial charge in [-0.2, -0.15) is 0 Å². The average molecular weight is 368 g/mol. The first kappa shape index (κ1) is 17.8. The summed E-state index contributed by atoms with van der Waals surface area (Å²) in [7, 11) is 1.60. The molecule has 0 saturated carbocycles. The Kier molecular flexibility index (Phi) is 5.71. The molecule has 1 heterocycles. The fourth-order valence-electron chi connectivity index (χ4n) is 2.38. The fraction of sp³-hybridized carbons (Fsp3) is 0.100. The summed E-state index contributed by atoms with van der Waals surface area (Å²) in [6.07, 6.45) is 3.19. The number of nitrogens with zero attached hydrogens (tertiary/aromatic N) is 1. The molecule has 0 fully saturated rings. The highest BCUT2D eigenvalue weighted by Gasteiger charge is 2.08. The summed E-state index contributed by atoms with van der Waals surface area (Å²) in [4.78, 5) is 16.6. The molecule has 0 aliphatic rings. The Hall–Kier alpha value is -3.05. The van der Waals surface area contributed by atoms with Crippen molar-refractivity contribution in [3.8, 4) is 5.75 Å². The Morgan fingerprint density at radius 3 is 2.58 bits per heavy atom. The molecule has 0 spiro atoms. The van der Waals surface area contributed by atoms with Crippen LogP contribution in [-0.2, 0) is 6.54 Å². The number of amides is 1. The molecule has 0 radical (unpaired) electrons. The summed E-state index contributed by atoms with van der Waals surface area (Å²) < 4.78 is 5.11. The number of anilines is 2. The van der Waals surface area contributed by atoms with Gasteiger partial charge in [0, 0.05) is 29.6 Å². The van der Waals surface area contributed by atoms with Gasteiger partial charge in [-0.1, -0.05) is 29.8 Å². The number of pyridine rings is 1. The topological polar surface area (TPSA) is 63.2 Å². The summed E-state index contributed by atoms with van der Waals surface area (Å²) in [5.41, 5.74) is 2.87. The molecule has 0 aliphatic carbocycles. The van der Waals surface area contributed by atoms with Gasteiger partial charge >= 0.3 is 0 Å². The number of hydrogen-bond acceptors (Lipinski definition) is 4. The lowest BCUT2D eigenvalue weighted by molar-refractivity contribution is 0.102. The number of carbonyl (C=O) groups excluding carboxylic acids is 1. The molecule has 1 aromatic heterocycles. The zero-order valence-electron chi connectivity index (χ0n) is 14.2. The van der Waals surface area contributed by atoms with E-state index in [2.05, 4.69) is 15.6 Å². The molecule has 1 amide bonds. The lowest BCUT2D eigenvalue weighted by Gasteiger charge is -2.10. The number of halogens is 1. The molecule has 132 valence electrons. The minimum absolute atomic E-state index is 0.232. The van der Waals surface area contributed by atoms with E-state index in [1.807, 2.05) is 24.3 Å². The number of carbonyl (C=O) groups is 1. The number of benzene rings is 2. The molecule has 2 aromatic carbocycles. The Morgan fingerprint density at radius 2 is 1.85 bits per heavy atom. The molecule has 0 bridgehead atoms. The van der Waals surface area contributed by atoms with Crippen LogP contribution in [0.25, 0.3) is 0 Å². The van der Waals surface area contributed by atoms with Crippen LogP contribution in [0.15, 0.2) is 67.0 Å². The molecular formula is C20H18ClN3O2. The summed E-state index contributed by atoms with van der Waals surface area (Å²) in [5.74, 6) is 0.500. The molecule has 3 aromatic rings. The lowest BCUT2D eigenvalue weighted by atomic mass is 10.2. The maximum atomic E-state index is 12.4. The summed E-state index contributed by atoms with van der Waals surface area (Å²) in [6.45, 7) is 0.547. The first-order valence-corrected chi connectivity index (χ1v) is 8.41. The first-order valence-electron chi connectivity index (χ1n) is 8.03. The lowest BCUT2D eigenvalue weighted by Crippen LogP contribution is -2.12. The predicted molar refractivity (Wildman–Crippen MR) is 104 cm³/mol. The van der Waals surface area contributed by atoms with Crippen molar-refractivity contribution in [3.63, 3.8) is 0 Å². The van der Waals surface area contributed by atoms with Gasteiger partial charge in [0.1, 0.15) is 5.75 Å². The summed E-state index contributed by atoms with van der Waals surface area (Å²) in [6, 6.07) is 16.5. The second-order valence-corrected chi connectivity index (χ2v) is 6.00. The van der Waals surface area contributed by atoms with Gasteiger partial charge in [-0.3, -0.25) is 9.78 Å². The molecule has 5 nitrogen and oxygen atoms in total. The van der Waals surface area contributed by atoms with Crippen LogP contribution in [0.5, 0.6) is 5.75 Å². The quantitative estimate of drug-likeness (QED) is 0.668. The third-order valence-corrected chi connectivity index (χ3v) is 4.16. The smallest absolute Gasteiger partial charge is 0.257 e. The predicted octanol–water partition coefficient (Wildman–Crippen LogP) is 4.61. The summed E-state index contributed by atoms with van der Waals surface area (Å²) >= 11 is 6.16. The first-order chi connectivity index (χ1) is 12.7. The van der Waals surface area contributed by atoms with E-state index >= 15 is 0 Å². The van der Waals surface area contributed by atoms with Crippen LogP contribution in [-0.4, -0.2) is 18.0 Å². The van der Waals surface area contributed by atoms with E-state index in [4.69, 9.17) is 16.3 Å². The van der Waals surface area contributed by atoms with Crippen LogP contribution < -0.4 is 15.4 Å². The molecule has 0 aliphatic heterocycles. The van der Waals surface area contributed by atoms with Crippen LogP contribution in [0.3, 0.4) is 0 Å². The minimum atomic E-state index is -0.232. The molecule has 0 saturated heterocycles. The van der Waals surface area contributed by atoms with Crippen LogP contribution >= 0.6 is 11.6 Å². The van der Waals surface area contributed by atoms with E-state index in [1.54, 1.807) is 43.6 Å². The van der Waals surface area contributed by atoms with Gasteiger partial charge in [0.2, 0.25) is 0 Å². The second kappa shape index (κ2) is 8.36. The van der Waals surface area contributed by atoms with Gasteiger partial charge in [-0.25, -0.2) is 0 Å². The van der Waals surface area contributed by atoms with E-state index < -0.39 is 0 Å². The molecule has 26 heavy (non-hydrogen) atoms. The SMILES string of the molecule is COc1ccc(NC(=O)c2cncc(NCc3ccccc3Cl)c2)cc1. The number of aromatic nitrogens is 1. The Balaban J connectivity index is 1.66. The zero-order valence-corrected chi connectivity index (χ0v) is 15.0. The number of nitrogens with one attached hydrogen (secondary N) is 2. The van der Waals surface area contributed by atoms with Gasteiger partial charge in [-0.05, 0) is 42.0 Å².